The topological polar surface area (TPSA) is 41.1 Å². The second kappa shape index (κ2) is 7.27. The van der Waals surface area contributed by atoms with Crippen molar-refractivity contribution in [1.82, 2.24) is 5.32 Å². The van der Waals surface area contributed by atoms with Crippen LogP contribution >= 0.6 is 15.9 Å². The van der Waals surface area contributed by atoms with Crippen LogP contribution in [0.15, 0.2) is 46.9 Å². The third kappa shape index (κ3) is 4.60. The zero-order valence-electron chi connectivity index (χ0n) is 12.2. The second-order valence-corrected chi connectivity index (χ2v) is 5.94. The molecule has 0 aromatic heterocycles. The molecule has 0 radical (unpaired) electrons. The first-order valence-electron chi connectivity index (χ1n) is 6.92. The number of rotatable bonds is 4. The number of carbonyl (C=O) groups is 1. The quantitative estimate of drug-likeness (QED) is 0.844. The highest BCUT2D eigenvalue weighted by molar-refractivity contribution is 9.10. The molecule has 3 nitrogen and oxygen atoms in total. The molecule has 0 aliphatic carbocycles. The molecule has 0 spiro atoms. The SMILES string of the molecule is Cc1cccc(C)c1NC(=O)NCCc1cccc(Br)c1. The molecule has 110 valence electrons. The van der Waals surface area contributed by atoms with Crippen molar-refractivity contribution in [2.45, 2.75) is 20.3 Å². The van der Waals surface area contributed by atoms with E-state index in [1.165, 1.54) is 5.56 Å². The van der Waals surface area contributed by atoms with Gasteiger partial charge in [-0.15, -0.1) is 0 Å². The van der Waals surface area contributed by atoms with Gasteiger partial charge in [0.25, 0.3) is 0 Å². The van der Waals surface area contributed by atoms with Gasteiger partial charge in [-0.3, -0.25) is 0 Å². The Morgan fingerprint density at radius 3 is 2.43 bits per heavy atom. The summed E-state index contributed by atoms with van der Waals surface area (Å²) in [6.45, 7) is 4.58. The molecule has 0 atom stereocenters. The van der Waals surface area contributed by atoms with Crippen LogP contribution < -0.4 is 10.6 Å². The highest BCUT2D eigenvalue weighted by atomic mass is 79.9. The summed E-state index contributed by atoms with van der Waals surface area (Å²) in [4.78, 5) is 11.9. The van der Waals surface area contributed by atoms with Crippen molar-refractivity contribution in [3.8, 4) is 0 Å². The molecular weight excluding hydrogens is 328 g/mol. The van der Waals surface area contributed by atoms with Crippen LogP contribution in [0.1, 0.15) is 16.7 Å². The molecule has 2 amide bonds. The van der Waals surface area contributed by atoms with E-state index >= 15 is 0 Å². The monoisotopic (exact) mass is 346 g/mol. The van der Waals surface area contributed by atoms with Gasteiger partial charge in [0.05, 0.1) is 0 Å². The van der Waals surface area contributed by atoms with E-state index in [0.29, 0.717) is 6.54 Å². The zero-order chi connectivity index (χ0) is 15.2. The minimum Gasteiger partial charge on any atom is -0.338 e. The van der Waals surface area contributed by atoms with Crippen LogP contribution in [0.3, 0.4) is 0 Å². The molecule has 21 heavy (non-hydrogen) atoms. The number of amides is 2. The van der Waals surface area contributed by atoms with Crippen LogP contribution in [0.25, 0.3) is 0 Å². The van der Waals surface area contributed by atoms with Gasteiger partial charge in [-0.05, 0) is 49.1 Å². The minimum atomic E-state index is -0.164. The number of halogens is 1. The van der Waals surface area contributed by atoms with Gasteiger partial charge in [-0.1, -0.05) is 46.3 Å². The largest absolute Gasteiger partial charge is 0.338 e. The van der Waals surface area contributed by atoms with Crippen molar-refractivity contribution in [2.24, 2.45) is 0 Å². The Morgan fingerprint density at radius 1 is 1.10 bits per heavy atom. The summed E-state index contributed by atoms with van der Waals surface area (Å²) in [5, 5.41) is 5.81. The number of nitrogens with one attached hydrogen (secondary N) is 2. The maximum Gasteiger partial charge on any atom is 0.319 e. The van der Waals surface area contributed by atoms with Gasteiger partial charge in [0.2, 0.25) is 0 Å². The van der Waals surface area contributed by atoms with E-state index < -0.39 is 0 Å². The van der Waals surface area contributed by atoms with E-state index in [0.717, 1.165) is 27.7 Å². The van der Waals surface area contributed by atoms with Crippen LogP contribution in [-0.4, -0.2) is 12.6 Å². The predicted octanol–water partition coefficient (Wildman–Crippen LogP) is 4.43. The third-order valence-corrected chi connectivity index (χ3v) is 3.80. The Morgan fingerprint density at radius 2 is 1.76 bits per heavy atom. The number of carbonyl (C=O) groups excluding carboxylic acids is 1. The van der Waals surface area contributed by atoms with Crippen LogP contribution in [-0.2, 0) is 6.42 Å². The van der Waals surface area contributed by atoms with E-state index in [4.69, 9.17) is 0 Å². The summed E-state index contributed by atoms with van der Waals surface area (Å²) >= 11 is 3.44. The third-order valence-electron chi connectivity index (χ3n) is 3.31. The molecule has 0 aliphatic rings. The maximum absolute atomic E-state index is 11.9. The van der Waals surface area contributed by atoms with E-state index in [1.54, 1.807) is 0 Å². The number of urea groups is 1. The lowest BCUT2D eigenvalue weighted by Crippen LogP contribution is -2.31. The summed E-state index contributed by atoms with van der Waals surface area (Å²) < 4.78 is 1.06. The molecule has 0 heterocycles. The number of hydrogen-bond acceptors (Lipinski definition) is 1. The van der Waals surface area contributed by atoms with Crippen molar-refractivity contribution >= 4 is 27.6 Å². The molecular formula is C17H19BrN2O. The average Bonchev–Trinajstić information content (AvgIpc) is 2.43. The molecule has 0 unspecified atom stereocenters. The summed E-state index contributed by atoms with van der Waals surface area (Å²) in [6.07, 6.45) is 0.805. The lowest BCUT2D eigenvalue weighted by molar-refractivity contribution is 0.252. The van der Waals surface area contributed by atoms with Gasteiger partial charge in [-0.2, -0.15) is 0 Å². The second-order valence-electron chi connectivity index (χ2n) is 5.03. The van der Waals surface area contributed by atoms with Crippen LogP contribution in [0.2, 0.25) is 0 Å². The first-order valence-corrected chi connectivity index (χ1v) is 7.71. The fourth-order valence-corrected chi connectivity index (χ4v) is 2.63. The molecule has 0 saturated heterocycles. The number of para-hydroxylation sites is 1. The normalized spacial score (nSPS) is 10.2. The van der Waals surface area contributed by atoms with Crippen molar-refractivity contribution in [2.75, 3.05) is 11.9 Å². The van der Waals surface area contributed by atoms with E-state index in [1.807, 2.05) is 44.2 Å². The van der Waals surface area contributed by atoms with Gasteiger partial charge >= 0.3 is 6.03 Å². The molecule has 0 fully saturated rings. The van der Waals surface area contributed by atoms with Gasteiger partial charge < -0.3 is 10.6 Å². The lowest BCUT2D eigenvalue weighted by atomic mass is 10.1. The highest BCUT2D eigenvalue weighted by Crippen LogP contribution is 2.19. The molecule has 2 aromatic carbocycles. The predicted molar refractivity (Wildman–Crippen MR) is 90.8 cm³/mol. The number of benzene rings is 2. The zero-order valence-corrected chi connectivity index (χ0v) is 13.8. The summed E-state index contributed by atoms with van der Waals surface area (Å²) in [5.41, 5.74) is 4.21. The van der Waals surface area contributed by atoms with Gasteiger partial charge in [0.1, 0.15) is 0 Å². The van der Waals surface area contributed by atoms with Crippen molar-refractivity contribution in [1.29, 1.82) is 0 Å². The maximum atomic E-state index is 11.9. The van der Waals surface area contributed by atoms with Crippen LogP contribution in [0.4, 0.5) is 10.5 Å². The van der Waals surface area contributed by atoms with E-state index in [9.17, 15) is 4.79 Å². The Bertz CT molecular complexity index is 620. The molecule has 2 rings (SSSR count). The highest BCUT2D eigenvalue weighted by Gasteiger charge is 2.06. The molecule has 0 bridgehead atoms. The van der Waals surface area contributed by atoms with Crippen molar-refractivity contribution in [3.05, 3.63) is 63.6 Å². The average molecular weight is 347 g/mol. The van der Waals surface area contributed by atoms with Gasteiger partial charge in [0.15, 0.2) is 0 Å². The van der Waals surface area contributed by atoms with Crippen molar-refractivity contribution < 1.29 is 4.79 Å². The van der Waals surface area contributed by atoms with Gasteiger partial charge in [-0.25, -0.2) is 4.79 Å². The first kappa shape index (κ1) is 15.6. The molecule has 0 saturated carbocycles. The summed E-state index contributed by atoms with van der Waals surface area (Å²) in [5.74, 6) is 0. The summed E-state index contributed by atoms with van der Waals surface area (Å²) in [6, 6.07) is 13.9. The molecule has 0 aliphatic heterocycles. The fourth-order valence-electron chi connectivity index (χ4n) is 2.18. The smallest absolute Gasteiger partial charge is 0.319 e. The standard InChI is InChI=1S/C17H19BrN2O/c1-12-5-3-6-13(2)16(12)20-17(21)19-10-9-14-7-4-8-15(18)11-14/h3-8,11H,9-10H2,1-2H3,(H2,19,20,21). The molecule has 2 aromatic rings. The fraction of sp³-hybridized carbons (Fsp3) is 0.235. The Kier molecular flexibility index (Phi) is 5.39. The van der Waals surface area contributed by atoms with Crippen molar-refractivity contribution in [3.63, 3.8) is 0 Å². The van der Waals surface area contributed by atoms with Crippen LogP contribution in [0, 0.1) is 13.8 Å². The van der Waals surface area contributed by atoms with Crippen LogP contribution in [0.5, 0.6) is 0 Å². The Balaban J connectivity index is 1.85. The molecule has 2 N–H and O–H groups in total. The number of hydrogen-bond donors (Lipinski definition) is 2. The summed E-state index contributed by atoms with van der Waals surface area (Å²) in [7, 11) is 0. The Labute approximate surface area is 133 Å². The Hall–Kier alpha value is -1.81. The first-order chi connectivity index (χ1) is 10.1. The lowest BCUT2D eigenvalue weighted by Gasteiger charge is -2.12. The number of anilines is 1. The molecule has 4 heteroatoms. The minimum absolute atomic E-state index is 0.164. The van der Waals surface area contributed by atoms with E-state index in [-0.39, 0.29) is 6.03 Å². The van der Waals surface area contributed by atoms with Gasteiger partial charge in [0, 0.05) is 16.7 Å². The van der Waals surface area contributed by atoms with E-state index in [2.05, 4.69) is 38.7 Å². The number of aryl methyl sites for hydroxylation is 2.